The standard InChI is InChI=1S/C18H30N4O3.HI/c1-19-18(20-13-17-14-22(2)8-11-25-17)21-15-6-4-7-16(12-15)24-10-5-9-23-3;/h4,6-7,12,17H,5,8-11,13-14H2,1-3H3,(H2,19,20,21);1H. The molecular formula is C18H31IN4O3. The lowest BCUT2D eigenvalue weighted by atomic mass is 10.3. The molecule has 0 amide bonds. The highest BCUT2D eigenvalue weighted by molar-refractivity contribution is 14.0. The number of nitrogens with zero attached hydrogens (tertiary/aromatic N) is 2. The van der Waals surface area contributed by atoms with E-state index in [0.717, 1.165) is 44.1 Å². The number of ether oxygens (including phenoxy) is 3. The van der Waals surface area contributed by atoms with Gasteiger partial charge in [0.25, 0.3) is 0 Å². The van der Waals surface area contributed by atoms with Crippen LogP contribution in [0.5, 0.6) is 5.75 Å². The molecule has 0 saturated carbocycles. The van der Waals surface area contributed by atoms with E-state index in [1.54, 1.807) is 14.2 Å². The quantitative estimate of drug-likeness (QED) is 0.258. The van der Waals surface area contributed by atoms with Gasteiger partial charge in [0.2, 0.25) is 0 Å². The summed E-state index contributed by atoms with van der Waals surface area (Å²) in [6, 6.07) is 7.85. The van der Waals surface area contributed by atoms with Crippen molar-refractivity contribution >= 4 is 35.6 Å². The van der Waals surface area contributed by atoms with Crippen LogP contribution in [0.2, 0.25) is 0 Å². The SMILES string of the molecule is CN=C(NCC1CN(C)CCO1)Nc1cccc(OCCCOC)c1.I. The molecule has 2 rings (SSSR count). The van der Waals surface area contributed by atoms with E-state index < -0.39 is 0 Å². The van der Waals surface area contributed by atoms with E-state index in [1.165, 1.54) is 0 Å². The average Bonchev–Trinajstić information content (AvgIpc) is 2.63. The Kier molecular flexibility index (Phi) is 11.6. The molecule has 8 heteroatoms. The number of nitrogens with one attached hydrogen (secondary N) is 2. The van der Waals surface area contributed by atoms with Crippen LogP contribution < -0.4 is 15.4 Å². The van der Waals surface area contributed by atoms with E-state index in [1.807, 2.05) is 24.3 Å². The molecule has 0 radical (unpaired) electrons. The third-order valence-electron chi connectivity index (χ3n) is 3.92. The van der Waals surface area contributed by atoms with Crippen LogP contribution in [0.25, 0.3) is 0 Å². The maximum Gasteiger partial charge on any atom is 0.195 e. The third-order valence-corrected chi connectivity index (χ3v) is 3.92. The fraction of sp³-hybridized carbons (Fsp3) is 0.611. The summed E-state index contributed by atoms with van der Waals surface area (Å²) >= 11 is 0. The number of anilines is 1. The van der Waals surface area contributed by atoms with Crippen LogP contribution in [0.4, 0.5) is 5.69 Å². The van der Waals surface area contributed by atoms with Gasteiger partial charge in [0, 0.05) is 58.6 Å². The minimum atomic E-state index is 0. The highest BCUT2D eigenvalue weighted by atomic mass is 127. The van der Waals surface area contributed by atoms with Gasteiger partial charge in [-0.3, -0.25) is 4.99 Å². The van der Waals surface area contributed by atoms with Crippen molar-refractivity contribution in [3.05, 3.63) is 24.3 Å². The molecule has 1 atom stereocenters. The molecule has 0 aromatic heterocycles. The van der Waals surface area contributed by atoms with Crippen LogP contribution in [-0.2, 0) is 9.47 Å². The number of methoxy groups -OCH3 is 1. The maximum absolute atomic E-state index is 5.76. The molecule has 7 nitrogen and oxygen atoms in total. The monoisotopic (exact) mass is 478 g/mol. The summed E-state index contributed by atoms with van der Waals surface area (Å²) in [5, 5.41) is 6.60. The Balaban J connectivity index is 0.00000338. The number of rotatable bonds is 8. The predicted molar refractivity (Wildman–Crippen MR) is 116 cm³/mol. The highest BCUT2D eigenvalue weighted by Gasteiger charge is 2.17. The molecule has 0 spiro atoms. The molecule has 1 heterocycles. The Morgan fingerprint density at radius 1 is 1.38 bits per heavy atom. The van der Waals surface area contributed by atoms with Crippen LogP contribution in [0.3, 0.4) is 0 Å². The predicted octanol–water partition coefficient (Wildman–Crippen LogP) is 2.04. The first kappa shape index (κ1) is 22.9. The van der Waals surface area contributed by atoms with E-state index in [0.29, 0.717) is 19.2 Å². The minimum Gasteiger partial charge on any atom is -0.493 e. The summed E-state index contributed by atoms with van der Waals surface area (Å²) in [6.07, 6.45) is 1.04. The van der Waals surface area contributed by atoms with Gasteiger partial charge >= 0.3 is 0 Å². The maximum atomic E-state index is 5.76. The van der Waals surface area contributed by atoms with Gasteiger partial charge in [-0.05, 0) is 19.2 Å². The second kappa shape index (κ2) is 13.1. The second-order valence-electron chi connectivity index (χ2n) is 6.06. The van der Waals surface area contributed by atoms with E-state index in [4.69, 9.17) is 14.2 Å². The first-order valence-electron chi connectivity index (χ1n) is 8.71. The summed E-state index contributed by atoms with van der Waals surface area (Å²) in [5.74, 6) is 1.54. The van der Waals surface area contributed by atoms with Crippen molar-refractivity contribution in [2.75, 3.05) is 66.0 Å². The molecule has 1 aliphatic heterocycles. The van der Waals surface area contributed by atoms with Crippen molar-refractivity contribution in [3.8, 4) is 5.75 Å². The number of aliphatic imine (C=N–C) groups is 1. The summed E-state index contributed by atoms with van der Waals surface area (Å²) < 4.78 is 16.5. The summed E-state index contributed by atoms with van der Waals surface area (Å²) in [6.45, 7) is 4.74. The summed E-state index contributed by atoms with van der Waals surface area (Å²) in [5.41, 5.74) is 0.930. The fourth-order valence-electron chi connectivity index (χ4n) is 2.57. The third kappa shape index (κ3) is 8.52. The molecule has 148 valence electrons. The molecule has 0 bridgehead atoms. The highest BCUT2D eigenvalue weighted by Crippen LogP contribution is 2.17. The normalized spacial score (nSPS) is 18.1. The van der Waals surface area contributed by atoms with Gasteiger partial charge in [0.15, 0.2) is 5.96 Å². The Hall–Kier alpha value is -1.10. The fourth-order valence-corrected chi connectivity index (χ4v) is 2.57. The van der Waals surface area contributed by atoms with Crippen molar-refractivity contribution in [3.63, 3.8) is 0 Å². The lowest BCUT2D eigenvalue weighted by molar-refractivity contribution is -0.0160. The number of guanidine groups is 1. The zero-order valence-electron chi connectivity index (χ0n) is 15.9. The van der Waals surface area contributed by atoms with Crippen molar-refractivity contribution in [2.24, 2.45) is 4.99 Å². The van der Waals surface area contributed by atoms with Crippen LogP contribution in [0.15, 0.2) is 29.3 Å². The van der Waals surface area contributed by atoms with E-state index >= 15 is 0 Å². The van der Waals surface area contributed by atoms with Crippen molar-refractivity contribution in [2.45, 2.75) is 12.5 Å². The summed E-state index contributed by atoms with van der Waals surface area (Å²) in [4.78, 5) is 6.55. The Labute approximate surface area is 173 Å². The topological polar surface area (TPSA) is 67.4 Å². The van der Waals surface area contributed by atoms with Crippen molar-refractivity contribution < 1.29 is 14.2 Å². The number of likely N-dealkylation sites (N-methyl/N-ethyl adjacent to an activating group) is 1. The number of hydrogen-bond acceptors (Lipinski definition) is 5. The smallest absolute Gasteiger partial charge is 0.195 e. The molecule has 26 heavy (non-hydrogen) atoms. The second-order valence-corrected chi connectivity index (χ2v) is 6.06. The molecule has 2 N–H and O–H groups in total. The number of hydrogen-bond donors (Lipinski definition) is 2. The lowest BCUT2D eigenvalue weighted by Gasteiger charge is -2.30. The Morgan fingerprint density at radius 2 is 2.23 bits per heavy atom. The van der Waals surface area contributed by atoms with Gasteiger partial charge in [0.1, 0.15) is 5.75 Å². The van der Waals surface area contributed by atoms with Gasteiger partial charge in [-0.15, -0.1) is 24.0 Å². The van der Waals surface area contributed by atoms with E-state index in [2.05, 4.69) is 27.6 Å². The molecule has 1 aromatic rings. The van der Waals surface area contributed by atoms with Crippen LogP contribution in [0, 0.1) is 0 Å². The van der Waals surface area contributed by atoms with Gasteiger partial charge in [0.05, 0.1) is 19.3 Å². The minimum absolute atomic E-state index is 0. The van der Waals surface area contributed by atoms with Crippen LogP contribution >= 0.6 is 24.0 Å². The van der Waals surface area contributed by atoms with Gasteiger partial charge in [-0.2, -0.15) is 0 Å². The van der Waals surface area contributed by atoms with Crippen molar-refractivity contribution in [1.82, 2.24) is 10.2 Å². The van der Waals surface area contributed by atoms with Gasteiger partial charge in [-0.1, -0.05) is 6.07 Å². The van der Waals surface area contributed by atoms with Crippen LogP contribution in [-0.4, -0.2) is 77.6 Å². The molecule has 1 aromatic carbocycles. The van der Waals surface area contributed by atoms with Crippen LogP contribution in [0.1, 0.15) is 6.42 Å². The first-order valence-corrected chi connectivity index (χ1v) is 8.71. The Morgan fingerprint density at radius 3 is 2.96 bits per heavy atom. The lowest BCUT2D eigenvalue weighted by Crippen LogP contribution is -2.47. The zero-order valence-corrected chi connectivity index (χ0v) is 18.2. The van der Waals surface area contributed by atoms with E-state index in [-0.39, 0.29) is 30.1 Å². The molecule has 1 unspecified atom stereocenters. The summed E-state index contributed by atoms with van der Waals surface area (Å²) in [7, 11) is 5.56. The average molecular weight is 478 g/mol. The zero-order chi connectivity index (χ0) is 17.9. The molecule has 0 aliphatic carbocycles. The van der Waals surface area contributed by atoms with Crippen molar-refractivity contribution in [1.29, 1.82) is 0 Å². The Bertz CT molecular complexity index is 545. The molecule has 1 saturated heterocycles. The molecule has 1 aliphatic rings. The van der Waals surface area contributed by atoms with E-state index in [9.17, 15) is 0 Å². The number of morpholine rings is 1. The molecule has 1 fully saturated rings. The largest absolute Gasteiger partial charge is 0.493 e. The number of halogens is 1. The van der Waals surface area contributed by atoms with Gasteiger partial charge < -0.3 is 29.7 Å². The molecular weight excluding hydrogens is 447 g/mol. The first-order chi connectivity index (χ1) is 12.2. The number of benzene rings is 1. The van der Waals surface area contributed by atoms with Gasteiger partial charge in [-0.25, -0.2) is 0 Å².